The molecule has 1 heterocycles. The van der Waals surface area contributed by atoms with E-state index in [9.17, 15) is 19.8 Å². The van der Waals surface area contributed by atoms with E-state index in [2.05, 4.69) is 5.32 Å². The zero-order chi connectivity index (χ0) is 23.4. The predicted molar refractivity (Wildman–Crippen MR) is 126 cm³/mol. The van der Waals surface area contributed by atoms with E-state index in [1.165, 1.54) is 10.5 Å². The quantitative estimate of drug-likeness (QED) is 0.545. The summed E-state index contributed by atoms with van der Waals surface area (Å²) in [6.07, 6.45) is -2.99. The lowest BCUT2D eigenvalue weighted by atomic mass is 9.99. The van der Waals surface area contributed by atoms with Crippen LogP contribution in [-0.2, 0) is 22.6 Å². The third kappa shape index (κ3) is 5.13. The summed E-state index contributed by atoms with van der Waals surface area (Å²) in [5.41, 5.74) is 5.18. The molecule has 4 rings (SSSR count). The van der Waals surface area contributed by atoms with E-state index in [0.717, 1.165) is 22.3 Å². The maximum atomic E-state index is 12.7. The van der Waals surface area contributed by atoms with Crippen LogP contribution in [0.5, 0.6) is 0 Å². The lowest BCUT2D eigenvalue weighted by Crippen LogP contribution is -2.51. The third-order valence-corrected chi connectivity index (χ3v) is 6.14. The van der Waals surface area contributed by atoms with Crippen molar-refractivity contribution in [1.29, 1.82) is 0 Å². The number of aliphatic hydroxyl groups is 2. The Morgan fingerprint density at radius 2 is 1.42 bits per heavy atom. The molecule has 6 heteroatoms. The van der Waals surface area contributed by atoms with E-state index in [-0.39, 0.29) is 0 Å². The molecule has 33 heavy (non-hydrogen) atoms. The van der Waals surface area contributed by atoms with Gasteiger partial charge in [0.25, 0.3) is 11.8 Å². The number of amides is 2. The van der Waals surface area contributed by atoms with Crippen LogP contribution in [0.15, 0.2) is 78.9 Å². The first-order valence-corrected chi connectivity index (χ1v) is 11.1. The molecular formula is C27H28N2O4. The molecule has 1 aliphatic rings. The van der Waals surface area contributed by atoms with Gasteiger partial charge in [0.1, 0.15) is 0 Å². The molecule has 0 saturated carbocycles. The van der Waals surface area contributed by atoms with Crippen LogP contribution in [0.1, 0.15) is 29.7 Å². The Labute approximate surface area is 193 Å². The van der Waals surface area contributed by atoms with Crippen molar-refractivity contribution in [2.45, 2.75) is 38.1 Å². The number of fused-ring (bicyclic) bond motifs is 1. The molecule has 0 unspecified atom stereocenters. The van der Waals surface area contributed by atoms with E-state index in [1.54, 1.807) is 6.92 Å². The first-order valence-electron chi connectivity index (χ1n) is 11.1. The van der Waals surface area contributed by atoms with E-state index in [1.807, 2.05) is 78.9 Å². The smallest absolute Gasteiger partial charge is 0.255 e. The highest BCUT2D eigenvalue weighted by molar-refractivity contribution is 5.91. The first-order chi connectivity index (χ1) is 15.9. The van der Waals surface area contributed by atoms with Gasteiger partial charge in [0, 0.05) is 13.1 Å². The van der Waals surface area contributed by atoms with Gasteiger partial charge in [-0.25, -0.2) is 0 Å². The van der Waals surface area contributed by atoms with Crippen molar-refractivity contribution in [2.24, 2.45) is 0 Å². The molecule has 0 saturated heterocycles. The highest BCUT2D eigenvalue weighted by Gasteiger charge is 2.35. The van der Waals surface area contributed by atoms with E-state index >= 15 is 0 Å². The van der Waals surface area contributed by atoms with Crippen LogP contribution in [0.25, 0.3) is 11.1 Å². The normalized spacial score (nSPS) is 15.8. The largest absolute Gasteiger partial charge is 0.380 e. The summed E-state index contributed by atoms with van der Waals surface area (Å²) in [6.45, 7) is 2.58. The Kier molecular flexibility index (Phi) is 6.87. The van der Waals surface area contributed by atoms with Crippen molar-refractivity contribution in [1.82, 2.24) is 10.2 Å². The number of aliphatic hydroxyl groups excluding tert-OH is 2. The number of hydrogen-bond donors (Lipinski definition) is 3. The summed E-state index contributed by atoms with van der Waals surface area (Å²) in [4.78, 5) is 26.7. The second kappa shape index (κ2) is 9.98. The summed E-state index contributed by atoms with van der Waals surface area (Å²) in [5.74, 6) is -1.43. The highest BCUT2D eigenvalue weighted by atomic mass is 16.3. The molecule has 0 fully saturated rings. The molecule has 0 bridgehead atoms. The Bertz CT molecular complexity index is 1110. The highest BCUT2D eigenvalue weighted by Crippen LogP contribution is 2.22. The number of nitrogens with one attached hydrogen (secondary N) is 1. The molecule has 3 aromatic rings. The number of carbonyl (C=O) groups excluding carboxylic acids is 2. The molecule has 1 aliphatic heterocycles. The van der Waals surface area contributed by atoms with Gasteiger partial charge in [0.05, 0.1) is 6.04 Å². The van der Waals surface area contributed by atoms with Gasteiger partial charge in [-0.3, -0.25) is 9.59 Å². The summed E-state index contributed by atoms with van der Waals surface area (Å²) in [5, 5.41) is 23.5. The fraction of sp³-hybridized carbons (Fsp3) is 0.259. The van der Waals surface area contributed by atoms with Crippen molar-refractivity contribution < 1.29 is 19.8 Å². The molecule has 6 nitrogen and oxygen atoms in total. The van der Waals surface area contributed by atoms with Crippen molar-refractivity contribution in [3.63, 3.8) is 0 Å². The summed E-state index contributed by atoms with van der Waals surface area (Å²) >= 11 is 0. The fourth-order valence-corrected chi connectivity index (χ4v) is 4.13. The van der Waals surface area contributed by atoms with Gasteiger partial charge in [-0.15, -0.1) is 0 Å². The van der Waals surface area contributed by atoms with E-state index in [4.69, 9.17) is 0 Å². The van der Waals surface area contributed by atoms with Crippen LogP contribution in [-0.4, -0.2) is 45.7 Å². The fourth-order valence-electron chi connectivity index (χ4n) is 4.13. The van der Waals surface area contributed by atoms with Crippen molar-refractivity contribution >= 4 is 11.8 Å². The van der Waals surface area contributed by atoms with Crippen LogP contribution in [0.3, 0.4) is 0 Å². The molecule has 0 spiro atoms. The van der Waals surface area contributed by atoms with Gasteiger partial charge in [0.15, 0.2) is 12.2 Å². The van der Waals surface area contributed by atoms with Crippen LogP contribution in [0.2, 0.25) is 0 Å². The lowest BCUT2D eigenvalue weighted by Gasteiger charge is -2.31. The van der Waals surface area contributed by atoms with Crippen molar-refractivity contribution in [2.75, 3.05) is 6.54 Å². The minimum Gasteiger partial charge on any atom is -0.380 e. The number of rotatable bonds is 6. The van der Waals surface area contributed by atoms with E-state index in [0.29, 0.717) is 19.5 Å². The van der Waals surface area contributed by atoms with Gasteiger partial charge in [-0.1, -0.05) is 78.9 Å². The first kappa shape index (κ1) is 22.7. The monoisotopic (exact) mass is 444 g/mol. The average molecular weight is 445 g/mol. The summed E-state index contributed by atoms with van der Waals surface area (Å²) in [6, 6.07) is 25.1. The van der Waals surface area contributed by atoms with Gasteiger partial charge < -0.3 is 20.4 Å². The zero-order valence-electron chi connectivity index (χ0n) is 18.5. The molecular weight excluding hydrogens is 416 g/mol. The molecule has 3 aromatic carbocycles. The Morgan fingerprint density at radius 1 is 0.818 bits per heavy atom. The number of benzene rings is 3. The molecule has 0 aromatic heterocycles. The molecule has 170 valence electrons. The van der Waals surface area contributed by atoms with Gasteiger partial charge in [-0.05, 0) is 41.2 Å². The standard InChI is InChI=1S/C27H28N2O4/c1-18(19-11-13-22(14-12-19)20-7-3-2-4-8-20)28-26(32)24(30)25(31)27(33)29-16-15-21-9-5-6-10-23(21)17-29/h2-14,18,24-25,30-31H,15-17H2,1H3,(H,28,32)/t18-,24+,25+/m0/s1. The van der Waals surface area contributed by atoms with Gasteiger partial charge in [-0.2, -0.15) is 0 Å². The molecule has 0 aliphatic carbocycles. The number of nitrogens with zero attached hydrogens (tertiary/aromatic N) is 1. The topological polar surface area (TPSA) is 89.9 Å². The molecule has 0 radical (unpaired) electrons. The van der Waals surface area contributed by atoms with Crippen LogP contribution < -0.4 is 5.32 Å². The van der Waals surface area contributed by atoms with Crippen molar-refractivity contribution in [3.05, 3.63) is 95.6 Å². The average Bonchev–Trinajstić information content (AvgIpc) is 2.87. The summed E-state index contributed by atoms with van der Waals surface area (Å²) < 4.78 is 0. The number of carbonyl (C=O) groups is 2. The van der Waals surface area contributed by atoms with Crippen LogP contribution in [0, 0.1) is 0 Å². The minimum absolute atomic E-state index is 0.352. The Balaban J connectivity index is 1.35. The predicted octanol–water partition coefficient (Wildman–Crippen LogP) is 2.84. The zero-order valence-corrected chi connectivity index (χ0v) is 18.5. The van der Waals surface area contributed by atoms with Gasteiger partial charge >= 0.3 is 0 Å². The molecule has 3 N–H and O–H groups in total. The number of hydrogen-bond acceptors (Lipinski definition) is 4. The minimum atomic E-state index is -1.85. The van der Waals surface area contributed by atoms with Crippen LogP contribution >= 0.6 is 0 Å². The van der Waals surface area contributed by atoms with Gasteiger partial charge in [0.2, 0.25) is 0 Å². The maximum absolute atomic E-state index is 12.7. The van der Waals surface area contributed by atoms with E-state index < -0.39 is 30.1 Å². The third-order valence-electron chi connectivity index (χ3n) is 6.14. The van der Waals surface area contributed by atoms with Crippen LogP contribution in [0.4, 0.5) is 0 Å². The maximum Gasteiger partial charge on any atom is 0.255 e. The second-order valence-corrected chi connectivity index (χ2v) is 8.39. The Hall–Kier alpha value is -3.48. The van der Waals surface area contributed by atoms with Crippen molar-refractivity contribution in [3.8, 4) is 11.1 Å². The second-order valence-electron chi connectivity index (χ2n) is 8.39. The SMILES string of the molecule is C[C@H](NC(=O)[C@H](O)[C@@H](O)C(=O)N1CCc2ccccc2C1)c1ccc(-c2ccccc2)cc1. The lowest BCUT2D eigenvalue weighted by molar-refractivity contribution is -0.154. The summed E-state index contributed by atoms with van der Waals surface area (Å²) in [7, 11) is 0. The Morgan fingerprint density at radius 3 is 2.12 bits per heavy atom. The molecule has 3 atom stereocenters. The molecule has 2 amide bonds.